The van der Waals surface area contributed by atoms with E-state index in [4.69, 9.17) is 0 Å². The van der Waals surface area contributed by atoms with Gasteiger partial charge in [-0.15, -0.1) is 0 Å². The summed E-state index contributed by atoms with van der Waals surface area (Å²) in [6.45, 7) is 4.71. The number of nitrogens with zero attached hydrogens (tertiary/aromatic N) is 1. The first kappa shape index (κ1) is 15.5. The Bertz CT molecular complexity index is 608. The molecule has 0 amide bonds. The van der Waals surface area contributed by atoms with Gasteiger partial charge in [-0.2, -0.15) is 0 Å². The molecule has 21 heavy (non-hydrogen) atoms. The van der Waals surface area contributed by atoms with E-state index >= 15 is 0 Å². The Morgan fingerprint density at radius 1 is 1.14 bits per heavy atom. The van der Waals surface area contributed by atoms with E-state index < -0.39 is 0 Å². The van der Waals surface area contributed by atoms with Crippen molar-refractivity contribution in [3.8, 4) is 0 Å². The summed E-state index contributed by atoms with van der Waals surface area (Å²) in [6.07, 6.45) is 0. The van der Waals surface area contributed by atoms with Gasteiger partial charge in [-0.3, -0.25) is 0 Å². The van der Waals surface area contributed by atoms with Crippen LogP contribution in [0.5, 0.6) is 0 Å². The molecule has 2 aromatic carbocycles. The number of halogens is 1. The topological polar surface area (TPSA) is 15.3 Å². The Kier molecular flexibility index (Phi) is 4.97. The largest absolute Gasteiger partial charge is 0.378 e. The second-order valence-electron chi connectivity index (χ2n) is 5.77. The maximum atomic E-state index is 13.7. The molecule has 0 aliphatic rings. The number of benzene rings is 2. The molecule has 1 unspecified atom stereocenters. The van der Waals surface area contributed by atoms with Crippen LogP contribution in [0.15, 0.2) is 42.5 Å². The maximum absolute atomic E-state index is 13.7. The first-order valence-electron chi connectivity index (χ1n) is 7.22. The average Bonchev–Trinajstić information content (AvgIpc) is 2.43. The molecule has 2 rings (SSSR count). The molecule has 0 spiro atoms. The molecule has 0 radical (unpaired) electrons. The normalized spacial score (nSPS) is 12.5. The van der Waals surface area contributed by atoms with Crippen molar-refractivity contribution in [3.63, 3.8) is 0 Å². The van der Waals surface area contributed by atoms with Crippen LogP contribution in [0.1, 0.15) is 29.7 Å². The van der Waals surface area contributed by atoms with Gasteiger partial charge < -0.3 is 10.2 Å². The molecule has 2 aromatic rings. The van der Waals surface area contributed by atoms with Crippen molar-refractivity contribution in [2.24, 2.45) is 0 Å². The van der Waals surface area contributed by atoms with Crippen LogP contribution < -0.4 is 5.32 Å². The zero-order valence-corrected chi connectivity index (χ0v) is 13.2. The summed E-state index contributed by atoms with van der Waals surface area (Å²) >= 11 is 0. The first-order valence-corrected chi connectivity index (χ1v) is 7.22. The molecule has 0 saturated carbocycles. The number of anilines is 1. The summed E-state index contributed by atoms with van der Waals surface area (Å²) < 4.78 is 13.7. The van der Waals surface area contributed by atoms with Crippen LogP contribution in [0.25, 0.3) is 0 Å². The van der Waals surface area contributed by atoms with E-state index in [1.54, 1.807) is 13.0 Å². The molecule has 112 valence electrons. The van der Waals surface area contributed by atoms with Gasteiger partial charge in [0, 0.05) is 18.3 Å². The molecule has 0 fully saturated rings. The number of rotatable bonds is 5. The van der Waals surface area contributed by atoms with Gasteiger partial charge in [-0.1, -0.05) is 30.3 Å². The lowest BCUT2D eigenvalue weighted by Gasteiger charge is -2.20. The van der Waals surface area contributed by atoms with E-state index in [-0.39, 0.29) is 11.9 Å². The van der Waals surface area contributed by atoms with Gasteiger partial charge in [0.25, 0.3) is 0 Å². The molecule has 0 saturated heterocycles. The number of aryl methyl sites for hydroxylation is 1. The second kappa shape index (κ2) is 6.72. The highest BCUT2D eigenvalue weighted by Gasteiger charge is 2.10. The predicted octanol–water partition coefficient (Wildman–Crippen LogP) is 4.37. The quantitative estimate of drug-likeness (QED) is 0.878. The number of nitrogens with one attached hydrogen (secondary N) is 1. The Morgan fingerprint density at radius 3 is 2.52 bits per heavy atom. The highest BCUT2D eigenvalue weighted by molar-refractivity contribution is 5.52. The standard InChI is InChI=1S/C18H23FN2/c1-13-9-10-15(11-17(13)19)14(2)20-18-8-6-5-7-16(18)12-21(3)4/h5-11,14,20H,12H2,1-4H3. The lowest BCUT2D eigenvalue weighted by molar-refractivity contribution is 0.403. The molecule has 0 aliphatic heterocycles. The van der Waals surface area contributed by atoms with Gasteiger partial charge in [0.1, 0.15) is 5.82 Å². The third kappa shape index (κ3) is 4.05. The molecule has 1 atom stereocenters. The second-order valence-corrected chi connectivity index (χ2v) is 5.77. The summed E-state index contributed by atoms with van der Waals surface area (Å²) in [5.41, 5.74) is 3.97. The van der Waals surface area contributed by atoms with Crippen molar-refractivity contribution in [2.75, 3.05) is 19.4 Å². The van der Waals surface area contributed by atoms with Crippen LogP contribution in [0, 0.1) is 12.7 Å². The minimum absolute atomic E-state index is 0.0587. The number of hydrogen-bond acceptors (Lipinski definition) is 2. The molecule has 0 aromatic heterocycles. The zero-order chi connectivity index (χ0) is 15.4. The van der Waals surface area contributed by atoms with Crippen LogP contribution in [0.3, 0.4) is 0 Å². The van der Waals surface area contributed by atoms with Crippen LogP contribution in [-0.4, -0.2) is 19.0 Å². The summed E-state index contributed by atoms with van der Waals surface area (Å²) in [5.74, 6) is -0.150. The van der Waals surface area contributed by atoms with Gasteiger partial charge in [-0.05, 0) is 56.8 Å². The molecule has 2 nitrogen and oxygen atoms in total. The van der Waals surface area contributed by atoms with Crippen LogP contribution in [0.2, 0.25) is 0 Å². The lowest BCUT2D eigenvalue weighted by atomic mass is 10.0. The predicted molar refractivity (Wildman–Crippen MR) is 87.0 cm³/mol. The number of para-hydroxylation sites is 1. The fourth-order valence-electron chi connectivity index (χ4n) is 2.33. The Hall–Kier alpha value is -1.87. The zero-order valence-electron chi connectivity index (χ0n) is 13.2. The molecule has 3 heteroatoms. The van der Waals surface area contributed by atoms with Crippen molar-refractivity contribution < 1.29 is 4.39 Å². The van der Waals surface area contributed by atoms with E-state index in [0.29, 0.717) is 5.56 Å². The van der Waals surface area contributed by atoms with Crippen LogP contribution >= 0.6 is 0 Å². The lowest BCUT2D eigenvalue weighted by Crippen LogP contribution is -2.14. The SMILES string of the molecule is Cc1ccc(C(C)Nc2ccccc2CN(C)C)cc1F. The van der Waals surface area contributed by atoms with E-state index in [0.717, 1.165) is 17.8 Å². The summed E-state index contributed by atoms with van der Waals surface area (Å²) in [7, 11) is 4.10. The minimum atomic E-state index is -0.150. The molecule has 0 bridgehead atoms. The first-order chi connectivity index (χ1) is 9.97. The van der Waals surface area contributed by atoms with Crippen molar-refractivity contribution in [3.05, 3.63) is 65.0 Å². The molecular weight excluding hydrogens is 263 g/mol. The summed E-state index contributed by atoms with van der Waals surface area (Å²) in [4.78, 5) is 2.14. The van der Waals surface area contributed by atoms with E-state index in [1.807, 2.05) is 24.3 Å². The smallest absolute Gasteiger partial charge is 0.126 e. The van der Waals surface area contributed by atoms with Crippen molar-refractivity contribution in [2.45, 2.75) is 26.4 Å². The van der Waals surface area contributed by atoms with Gasteiger partial charge in [0.05, 0.1) is 0 Å². The molecular formula is C18H23FN2. The van der Waals surface area contributed by atoms with Crippen molar-refractivity contribution >= 4 is 5.69 Å². The average molecular weight is 286 g/mol. The number of hydrogen-bond donors (Lipinski definition) is 1. The fourth-order valence-corrected chi connectivity index (χ4v) is 2.33. The van der Waals surface area contributed by atoms with Crippen LogP contribution in [-0.2, 0) is 6.54 Å². The van der Waals surface area contributed by atoms with Crippen LogP contribution in [0.4, 0.5) is 10.1 Å². The summed E-state index contributed by atoms with van der Waals surface area (Å²) in [6, 6.07) is 13.7. The van der Waals surface area contributed by atoms with E-state index in [1.165, 1.54) is 5.56 Å². The Labute approximate surface area is 126 Å². The Morgan fingerprint density at radius 2 is 1.86 bits per heavy atom. The molecule has 0 aliphatic carbocycles. The van der Waals surface area contributed by atoms with Gasteiger partial charge in [0.15, 0.2) is 0 Å². The molecule has 1 N–H and O–H groups in total. The van der Waals surface area contributed by atoms with E-state index in [2.05, 4.69) is 43.4 Å². The third-order valence-corrected chi connectivity index (χ3v) is 3.57. The van der Waals surface area contributed by atoms with Gasteiger partial charge >= 0.3 is 0 Å². The highest BCUT2D eigenvalue weighted by atomic mass is 19.1. The van der Waals surface area contributed by atoms with Gasteiger partial charge in [0.2, 0.25) is 0 Å². The minimum Gasteiger partial charge on any atom is -0.378 e. The Balaban J connectivity index is 2.19. The molecule has 0 heterocycles. The van der Waals surface area contributed by atoms with E-state index in [9.17, 15) is 4.39 Å². The monoisotopic (exact) mass is 286 g/mol. The summed E-state index contributed by atoms with van der Waals surface area (Å²) in [5, 5.41) is 3.49. The van der Waals surface area contributed by atoms with Gasteiger partial charge in [-0.25, -0.2) is 4.39 Å². The third-order valence-electron chi connectivity index (χ3n) is 3.57. The van der Waals surface area contributed by atoms with Crippen molar-refractivity contribution in [1.82, 2.24) is 4.90 Å². The maximum Gasteiger partial charge on any atom is 0.126 e. The fraction of sp³-hybridized carbons (Fsp3) is 0.333. The highest BCUT2D eigenvalue weighted by Crippen LogP contribution is 2.24. The van der Waals surface area contributed by atoms with Crippen molar-refractivity contribution in [1.29, 1.82) is 0 Å².